The van der Waals surface area contributed by atoms with Crippen LogP contribution < -0.4 is 5.56 Å². The lowest BCUT2D eigenvalue weighted by Crippen LogP contribution is -2.41. The predicted molar refractivity (Wildman–Crippen MR) is 129 cm³/mol. The van der Waals surface area contributed by atoms with Crippen LogP contribution in [0.1, 0.15) is 24.0 Å². The highest BCUT2D eigenvalue weighted by molar-refractivity contribution is 7.99. The molecule has 0 spiro atoms. The average Bonchev–Trinajstić information content (AvgIpc) is 2.84. The van der Waals surface area contributed by atoms with Crippen LogP contribution in [-0.2, 0) is 14.3 Å². The van der Waals surface area contributed by atoms with Crippen LogP contribution in [0.15, 0.2) is 52.4 Å². The molecule has 0 radical (unpaired) electrons. The van der Waals surface area contributed by atoms with E-state index in [-0.39, 0.29) is 29.1 Å². The Kier molecular flexibility index (Phi) is 6.83. The van der Waals surface area contributed by atoms with E-state index in [0.29, 0.717) is 42.0 Å². The number of carbonyl (C=O) groups excluding carboxylic acids is 2. The largest absolute Gasteiger partial charge is 0.469 e. The molecule has 0 aliphatic carbocycles. The molecule has 1 amide bonds. The molecule has 0 N–H and O–H groups in total. The fourth-order valence-electron chi connectivity index (χ4n) is 4.15. The van der Waals surface area contributed by atoms with Crippen molar-refractivity contribution in [2.45, 2.75) is 31.8 Å². The number of benzene rings is 2. The molecular weight excluding hydrogens is 438 g/mol. The molecule has 3 aromatic rings. The standard InChI is InChI=1S/C25H27N3O4S/c1-16-7-6-10-21(17(16)2)28-23(30)19-8-4-5-9-20(19)26-25(28)33-15-22(29)27-13-11-18(12-14-27)24(31)32-3/h4-10,18H,11-15H2,1-3H3. The van der Waals surface area contributed by atoms with E-state index in [2.05, 4.69) is 0 Å². The van der Waals surface area contributed by atoms with Gasteiger partial charge in [-0.05, 0) is 56.0 Å². The van der Waals surface area contributed by atoms with Crippen molar-refractivity contribution in [3.63, 3.8) is 0 Å². The summed E-state index contributed by atoms with van der Waals surface area (Å²) in [6.45, 7) is 5.03. The Balaban J connectivity index is 1.61. The van der Waals surface area contributed by atoms with E-state index in [1.807, 2.05) is 50.2 Å². The van der Waals surface area contributed by atoms with Crippen LogP contribution in [0, 0.1) is 19.8 Å². The van der Waals surface area contributed by atoms with Crippen molar-refractivity contribution in [1.82, 2.24) is 14.5 Å². The topological polar surface area (TPSA) is 81.5 Å². The Bertz CT molecular complexity index is 1260. The van der Waals surface area contributed by atoms with E-state index >= 15 is 0 Å². The molecule has 0 bridgehead atoms. The number of aromatic nitrogens is 2. The van der Waals surface area contributed by atoms with E-state index in [9.17, 15) is 14.4 Å². The maximum Gasteiger partial charge on any atom is 0.308 e. The van der Waals surface area contributed by atoms with Crippen LogP contribution in [0.5, 0.6) is 0 Å². The van der Waals surface area contributed by atoms with Crippen molar-refractivity contribution in [1.29, 1.82) is 0 Å². The molecule has 0 unspecified atom stereocenters. The number of para-hydroxylation sites is 1. The number of esters is 1. The lowest BCUT2D eigenvalue weighted by Gasteiger charge is -2.30. The molecule has 0 atom stereocenters. The molecule has 1 saturated heterocycles. The van der Waals surface area contributed by atoms with Crippen LogP contribution in [0.3, 0.4) is 0 Å². The monoisotopic (exact) mass is 465 g/mol. The Hall–Kier alpha value is -3.13. The van der Waals surface area contributed by atoms with Gasteiger partial charge in [-0.25, -0.2) is 4.98 Å². The third-order valence-electron chi connectivity index (χ3n) is 6.27. The summed E-state index contributed by atoms with van der Waals surface area (Å²) in [4.78, 5) is 44.6. The Morgan fingerprint density at radius 1 is 1.09 bits per heavy atom. The molecule has 7 nitrogen and oxygen atoms in total. The first-order valence-corrected chi connectivity index (χ1v) is 12.0. The zero-order valence-corrected chi connectivity index (χ0v) is 19.9. The Labute approximate surface area is 196 Å². The molecule has 172 valence electrons. The summed E-state index contributed by atoms with van der Waals surface area (Å²) >= 11 is 1.27. The molecule has 1 aliphatic rings. The van der Waals surface area contributed by atoms with E-state index in [1.54, 1.807) is 15.5 Å². The highest BCUT2D eigenvalue weighted by Gasteiger charge is 2.28. The summed E-state index contributed by atoms with van der Waals surface area (Å²) in [6, 6.07) is 13.1. The molecule has 8 heteroatoms. The van der Waals surface area contributed by atoms with Crippen LogP contribution in [-0.4, -0.2) is 52.3 Å². The zero-order chi connectivity index (χ0) is 23.5. The van der Waals surface area contributed by atoms with Gasteiger partial charge in [-0.15, -0.1) is 0 Å². The number of amides is 1. The molecular formula is C25H27N3O4S. The first kappa shape index (κ1) is 23.0. The van der Waals surface area contributed by atoms with Gasteiger partial charge in [-0.2, -0.15) is 0 Å². The molecule has 2 heterocycles. The van der Waals surface area contributed by atoms with Gasteiger partial charge in [0.15, 0.2) is 5.16 Å². The third-order valence-corrected chi connectivity index (χ3v) is 7.19. The van der Waals surface area contributed by atoms with Crippen molar-refractivity contribution < 1.29 is 14.3 Å². The molecule has 0 saturated carbocycles. The van der Waals surface area contributed by atoms with E-state index in [4.69, 9.17) is 9.72 Å². The van der Waals surface area contributed by atoms with Crippen LogP contribution in [0.4, 0.5) is 0 Å². The summed E-state index contributed by atoms with van der Waals surface area (Å²) in [6.07, 6.45) is 1.20. The number of hydrogen-bond donors (Lipinski definition) is 0. The summed E-state index contributed by atoms with van der Waals surface area (Å²) in [7, 11) is 1.39. The summed E-state index contributed by atoms with van der Waals surface area (Å²) < 4.78 is 6.44. The van der Waals surface area contributed by atoms with E-state index in [1.165, 1.54) is 18.9 Å². The molecule has 1 fully saturated rings. The fraction of sp³-hybridized carbons (Fsp3) is 0.360. The second kappa shape index (κ2) is 9.79. The van der Waals surface area contributed by atoms with Gasteiger partial charge in [0.1, 0.15) is 0 Å². The van der Waals surface area contributed by atoms with Crippen molar-refractivity contribution in [3.8, 4) is 5.69 Å². The number of ether oxygens (including phenoxy) is 1. The maximum absolute atomic E-state index is 13.5. The van der Waals surface area contributed by atoms with Gasteiger partial charge in [0.25, 0.3) is 5.56 Å². The third kappa shape index (κ3) is 4.66. The highest BCUT2D eigenvalue weighted by Crippen LogP contribution is 2.26. The number of nitrogens with zero attached hydrogens (tertiary/aromatic N) is 3. The number of likely N-dealkylation sites (tertiary alicyclic amines) is 1. The lowest BCUT2D eigenvalue weighted by molar-refractivity contribution is -0.148. The maximum atomic E-state index is 13.5. The second-order valence-electron chi connectivity index (χ2n) is 8.24. The van der Waals surface area contributed by atoms with Gasteiger partial charge in [0.2, 0.25) is 5.91 Å². The normalized spacial score (nSPS) is 14.5. The van der Waals surface area contributed by atoms with Gasteiger partial charge in [-0.3, -0.25) is 19.0 Å². The summed E-state index contributed by atoms with van der Waals surface area (Å²) in [5, 5.41) is 1.03. The minimum atomic E-state index is -0.214. The average molecular weight is 466 g/mol. The predicted octanol–water partition coefficient (Wildman–Crippen LogP) is 3.51. The van der Waals surface area contributed by atoms with Gasteiger partial charge < -0.3 is 9.64 Å². The highest BCUT2D eigenvalue weighted by atomic mass is 32.2. The lowest BCUT2D eigenvalue weighted by atomic mass is 9.97. The van der Waals surface area contributed by atoms with Crippen molar-refractivity contribution in [3.05, 3.63) is 63.9 Å². The first-order chi connectivity index (χ1) is 15.9. The molecule has 1 aliphatic heterocycles. The Morgan fingerprint density at radius 3 is 2.55 bits per heavy atom. The number of fused-ring (bicyclic) bond motifs is 1. The van der Waals surface area contributed by atoms with Crippen LogP contribution in [0.25, 0.3) is 16.6 Å². The number of thioether (sulfide) groups is 1. The number of hydrogen-bond acceptors (Lipinski definition) is 6. The number of carbonyl (C=O) groups is 2. The fourth-order valence-corrected chi connectivity index (χ4v) is 5.06. The molecule has 4 rings (SSSR count). The smallest absolute Gasteiger partial charge is 0.308 e. The first-order valence-electron chi connectivity index (χ1n) is 11.0. The molecule has 33 heavy (non-hydrogen) atoms. The summed E-state index contributed by atoms with van der Waals surface area (Å²) in [5.41, 5.74) is 3.30. The SMILES string of the molecule is COC(=O)C1CCN(C(=O)CSc2nc3ccccc3c(=O)n2-c2cccc(C)c2C)CC1. The molecule has 2 aromatic carbocycles. The quantitative estimate of drug-likeness (QED) is 0.326. The zero-order valence-electron chi connectivity index (χ0n) is 19.0. The minimum absolute atomic E-state index is 0.0294. The number of aryl methyl sites for hydroxylation is 1. The minimum Gasteiger partial charge on any atom is -0.469 e. The van der Waals surface area contributed by atoms with Gasteiger partial charge in [0, 0.05) is 13.1 Å². The van der Waals surface area contributed by atoms with Crippen molar-refractivity contribution in [2.24, 2.45) is 5.92 Å². The van der Waals surface area contributed by atoms with Crippen LogP contribution >= 0.6 is 11.8 Å². The summed E-state index contributed by atoms with van der Waals surface area (Å²) in [5.74, 6) is -0.227. The van der Waals surface area contributed by atoms with Gasteiger partial charge in [-0.1, -0.05) is 36.0 Å². The number of methoxy groups -OCH3 is 1. The molecule has 1 aromatic heterocycles. The van der Waals surface area contributed by atoms with Crippen molar-refractivity contribution in [2.75, 3.05) is 26.0 Å². The van der Waals surface area contributed by atoms with E-state index in [0.717, 1.165) is 16.8 Å². The number of piperidine rings is 1. The van der Waals surface area contributed by atoms with Crippen molar-refractivity contribution >= 4 is 34.5 Å². The van der Waals surface area contributed by atoms with Gasteiger partial charge >= 0.3 is 5.97 Å². The Morgan fingerprint density at radius 2 is 1.82 bits per heavy atom. The van der Waals surface area contributed by atoms with E-state index < -0.39 is 0 Å². The van der Waals surface area contributed by atoms with Gasteiger partial charge in [0.05, 0.1) is 35.4 Å². The number of rotatable bonds is 5. The van der Waals surface area contributed by atoms with Crippen LogP contribution in [0.2, 0.25) is 0 Å². The second-order valence-corrected chi connectivity index (χ2v) is 9.18.